The van der Waals surface area contributed by atoms with Gasteiger partial charge in [-0.05, 0) is 43.7 Å². The summed E-state index contributed by atoms with van der Waals surface area (Å²) in [7, 11) is 0. The molecule has 0 bridgehead atoms. The average molecular weight is 287 g/mol. The molecule has 0 fully saturated rings. The molecule has 3 nitrogen and oxygen atoms in total. The largest absolute Gasteiger partial charge is 0.463 e. The summed E-state index contributed by atoms with van der Waals surface area (Å²) < 4.78 is 4.97. The van der Waals surface area contributed by atoms with Crippen LogP contribution in [-0.2, 0) is 16.0 Å². The summed E-state index contributed by atoms with van der Waals surface area (Å²) >= 11 is 1.68. The highest BCUT2D eigenvalue weighted by atomic mass is 32.1. The molecule has 0 aliphatic heterocycles. The molecule has 2 heterocycles. The van der Waals surface area contributed by atoms with Crippen LogP contribution >= 0.6 is 11.3 Å². The van der Waals surface area contributed by atoms with Crippen LogP contribution in [0.25, 0.3) is 6.08 Å². The maximum atomic E-state index is 11.6. The molecule has 2 aromatic heterocycles. The zero-order chi connectivity index (χ0) is 14.4. The van der Waals surface area contributed by atoms with Crippen molar-refractivity contribution in [1.29, 1.82) is 0 Å². The molecule has 2 aromatic rings. The Morgan fingerprint density at radius 2 is 2.25 bits per heavy atom. The van der Waals surface area contributed by atoms with Crippen LogP contribution in [0.15, 0.2) is 42.2 Å². The lowest BCUT2D eigenvalue weighted by Gasteiger charge is -2.00. The van der Waals surface area contributed by atoms with E-state index in [1.54, 1.807) is 24.5 Å². The second-order valence-electron chi connectivity index (χ2n) is 4.39. The van der Waals surface area contributed by atoms with Crippen LogP contribution in [0.1, 0.15) is 29.2 Å². The normalized spacial score (nSPS) is 11.4. The van der Waals surface area contributed by atoms with E-state index < -0.39 is 0 Å². The van der Waals surface area contributed by atoms with Gasteiger partial charge in [0.25, 0.3) is 0 Å². The molecule has 0 aromatic carbocycles. The number of hydrogen-bond acceptors (Lipinski definition) is 4. The molecule has 2 rings (SSSR count). The Labute approximate surface area is 122 Å². The van der Waals surface area contributed by atoms with Crippen LogP contribution in [0.3, 0.4) is 0 Å². The van der Waals surface area contributed by atoms with Crippen molar-refractivity contribution < 1.29 is 9.53 Å². The number of pyridine rings is 1. The molecule has 0 spiro atoms. The van der Waals surface area contributed by atoms with Gasteiger partial charge in [-0.2, -0.15) is 0 Å². The lowest BCUT2D eigenvalue weighted by Crippen LogP contribution is -2.04. The summed E-state index contributed by atoms with van der Waals surface area (Å²) in [5.74, 6) is -0.255. The second kappa shape index (κ2) is 7.01. The number of ether oxygens (including phenoxy) is 1. The Kier molecular flexibility index (Phi) is 5.07. The minimum absolute atomic E-state index is 0.255. The van der Waals surface area contributed by atoms with E-state index in [9.17, 15) is 4.79 Å². The van der Waals surface area contributed by atoms with E-state index in [0.29, 0.717) is 12.2 Å². The van der Waals surface area contributed by atoms with Crippen molar-refractivity contribution in [3.05, 3.63) is 57.6 Å². The van der Waals surface area contributed by atoms with Gasteiger partial charge in [0, 0.05) is 34.1 Å². The van der Waals surface area contributed by atoms with Gasteiger partial charge in [-0.3, -0.25) is 4.98 Å². The maximum absolute atomic E-state index is 11.6. The fourth-order valence-corrected chi connectivity index (χ4v) is 2.84. The van der Waals surface area contributed by atoms with Gasteiger partial charge in [0.1, 0.15) is 0 Å². The van der Waals surface area contributed by atoms with Crippen LogP contribution in [0.4, 0.5) is 0 Å². The van der Waals surface area contributed by atoms with E-state index >= 15 is 0 Å². The minimum Gasteiger partial charge on any atom is -0.463 e. The Morgan fingerprint density at radius 3 is 2.95 bits per heavy atom. The zero-order valence-corrected chi connectivity index (χ0v) is 12.4. The topological polar surface area (TPSA) is 39.2 Å². The van der Waals surface area contributed by atoms with Gasteiger partial charge in [0.2, 0.25) is 0 Å². The smallest absolute Gasteiger partial charge is 0.333 e. The molecule has 0 aliphatic rings. The van der Waals surface area contributed by atoms with Crippen molar-refractivity contribution in [1.82, 2.24) is 4.98 Å². The van der Waals surface area contributed by atoms with Crippen molar-refractivity contribution in [3.8, 4) is 0 Å². The fraction of sp³-hybridized carbons (Fsp3) is 0.250. The summed E-state index contributed by atoms with van der Waals surface area (Å²) in [5.41, 5.74) is 1.81. The molecule has 20 heavy (non-hydrogen) atoms. The SMILES string of the molecule is CCOC(=O)/C(C)=C/c1ccc(Cc2cccnc2)s1. The summed E-state index contributed by atoms with van der Waals surface area (Å²) in [4.78, 5) is 18.0. The molecule has 0 N–H and O–H groups in total. The quantitative estimate of drug-likeness (QED) is 0.622. The molecule has 104 valence electrons. The van der Waals surface area contributed by atoms with Gasteiger partial charge < -0.3 is 4.74 Å². The first-order valence-electron chi connectivity index (χ1n) is 6.52. The third kappa shape index (κ3) is 4.03. The highest BCUT2D eigenvalue weighted by molar-refractivity contribution is 7.12. The fourth-order valence-electron chi connectivity index (χ4n) is 1.79. The number of rotatable bonds is 5. The third-order valence-electron chi connectivity index (χ3n) is 2.74. The molecular formula is C16H17NO2S. The summed E-state index contributed by atoms with van der Waals surface area (Å²) in [6.45, 7) is 3.99. The van der Waals surface area contributed by atoms with E-state index in [1.165, 1.54) is 10.4 Å². The van der Waals surface area contributed by atoms with E-state index in [-0.39, 0.29) is 5.97 Å². The van der Waals surface area contributed by atoms with Crippen LogP contribution in [0.5, 0.6) is 0 Å². The van der Waals surface area contributed by atoms with Gasteiger partial charge in [-0.1, -0.05) is 6.07 Å². The van der Waals surface area contributed by atoms with E-state index in [0.717, 1.165) is 11.3 Å². The van der Waals surface area contributed by atoms with Crippen molar-refractivity contribution in [2.75, 3.05) is 6.61 Å². The van der Waals surface area contributed by atoms with E-state index in [1.807, 2.05) is 31.3 Å². The van der Waals surface area contributed by atoms with Gasteiger partial charge in [0.05, 0.1) is 6.61 Å². The number of hydrogen-bond donors (Lipinski definition) is 0. The number of carbonyl (C=O) groups is 1. The molecule has 0 unspecified atom stereocenters. The van der Waals surface area contributed by atoms with Gasteiger partial charge in [0.15, 0.2) is 0 Å². The number of esters is 1. The molecule has 0 saturated heterocycles. The van der Waals surface area contributed by atoms with Gasteiger partial charge >= 0.3 is 5.97 Å². The predicted octanol–water partition coefficient (Wildman–Crippen LogP) is 3.70. The predicted molar refractivity (Wildman–Crippen MR) is 81.6 cm³/mol. The van der Waals surface area contributed by atoms with Gasteiger partial charge in [-0.25, -0.2) is 4.79 Å². The van der Waals surface area contributed by atoms with Crippen molar-refractivity contribution >= 4 is 23.4 Å². The summed E-state index contributed by atoms with van der Waals surface area (Å²) in [6, 6.07) is 8.11. The molecule has 0 atom stereocenters. The lowest BCUT2D eigenvalue weighted by atomic mass is 10.2. The Hall–Kier alpha value is -1.94. The van der Waals surface area contributed by atoms with E-state index in [2.05, 4.69) is 17.1 Å². The van der Waals surface area contributed by atoms with Crippen molar-refractivity contribution in [2.24, 2.45) is 0 Å². The Balaban J connectivity index is 2.06. The Bertz CT molecular complexity index is 602. The first kappa shape index (κ1) is 14.5. The van der Waals surface area contributed by atoms with Crippen LogP contribution < -0.4 is 0 Å². The highest BCUT2D eigenvalue weighted by Gasteiger charge is 2.06. The van der Waals surface area contributed by atoms with Crippen LogP contribution in [0, 0.1) is 0 Å². The number of carbonyl (C=O) groups excluding carboxylic acids is 1. The molecule has 0 radical (unpaired) electrons. The van der Waals surface area contributed by atoms with Crippen LogP contribution in [0.2, 0.25) is 0 Å². The monoisotopic (exact) mass is 287 g/mol. The zero-order valence-electron chi connectivity index (χ0n) is 11.6. The number of thiophene rings is 1. The maximum Gasteiger partial charge on any atom is 0.333 e. The number of aromatic nitrogens is 1. The standard InChI is InChI=1S/C16H17NO2S/c1-3-19-16(18)12(2)9-14-6-7-15(20-14)10-13-5-4-8-17-11-13/h4-9,11H,3,10H2,1-2H3/b12-9+. The first-order valence-corrected chi connectivity index (χ1v) is 7.33. The molecule has 0 saturated carbocycles. The summed E-state index contributed by atoms with van der Waals surface area (Å²) in [6.07, 6.45) is 6.38. The van der Waals surface area contributed by atoms with Crippen molar-refractivity contribution in [2.45, 2.75) is 20.3 Å². The first-order chi connectivity index (χ1) is 9.69. The second-order valence-corrected chi connectivity index (χ2v) is 5.59. The van der Waals surface area contributed by atoms with Crippen molar-refractivity contribution in [3.63, 3.8) is 0 Å². The molecule has 0 amide bonds. The third-order valence-corrected chi connectivity index (χ3v) is 3.77. The van der Waals surface area contributed by atoms with Crippen LogP contribution in [-0.4, -0.2) is 17.6 Å². The lowest BCUT2D eigenvalue weighted by molar-refractivity contribution is -0.138. The molecule has 0 aliphatic carbocycles. The Morgan fingerprint density at radius 1 is 1.40 bits per heavy atom. The minimum atomic E-state index is -0.255. The molecular weight excluding hydrogens is 270 g/mol. The average Bonchev–Trinajstić information content (AvgIpc) is 2.87. The highest BCUT2D eigenvalue weighted by Crippen LogP contribution is 2.22. The molecule has 4 heteroatoms. The summed E-state index contributed by atoms with van der Waals surface area (Å²) in [5, 5.41) is 0. The van der Waals surface area contributed by atoms with E-state index in [4.69, 9.17) is 4.74 Å². The number of nitrogens with zero attached hydrogens (tertiary/aromatic N) is 1. The van der Waals surface area contributed by atoms with Gasteiger partial charge in [-0.15, -0.1) is 11.3 Å².